The molecule has 1 aromatic heterocycles. The van der Waals surface area contributed by atoms with Crippen molar-refractivity contribution < 1.29 is 4.74 Å². The van der Waals surface area contributed by atoms with Crippen LogP contribution < -0.4 is 10.5 Å². The van der Waals surface area contributed by atoms with Crippen LogP contribution in [0.4, 0.5) is 5.82 Å². The maximum absolute atomic E-state index is 9.41. The molecule has 3 rings (SSSR count). The van der Waals surface area contributed by atoms with Gasteiger partial charge >= 0.3 is 0 Å². The van der Waals surface area contributed by atoms with Crippen LogP contribution >= 0.6 is 0 Å². The predicted molar refractivity (Wildman–Crippen MR) is 97.1 cm³/mol. The van der Waals surface area contributed by atoms with Crippen LogP contribution in [0.3, 0.4) is 0 Å². The summed E-state index contributed by atoms with van der Waals surface area (Å²) in [5.41, 5.74) is 10.8. The van der Waals surface area contributed by atoms with Gasteiger partial charge in [0.2, 0.25) is 0 Å². The highest BCUT2D eigenvalue weighted by atomic mass is 16.5. The Hall–Kier alpha value is -3.26. The second-order valence-corrected chi connectivity index (χ2v) is 6.04. The van der Waals surface area contributed by atoms with Crippen LogP contribution in [0.1, 0.15) is 27.8 Å². The van der Waals surface area contributed by atoms with Crippen molar-refractivity contribution in [1.29, 1.82) is 5.26 Å². The SMILES string of the molecule is Cc1cccc(Cn2nc(OCc3ccccc3C)c(C#N)c2N)c1. The monoisotopic (exact) mass is 332 g/mol. The maximum Gasteiger partial charge on any atom is 0.253 e. The van der Waals surface area contributed by atoms with E-state index in [1.165, 1.54) is 5.56 Å². The molecule has 3 aromatic rings. The van der Waals surface area contributed by atoms with Crippen LogP contribution in [0.15, 0.2) is 48.5 Å². The van der Waals surface area contributed by atoms with E-state index in [1.54, 1.807) is 4.68 Å². The Morgan fingerprint density at radius 3 is 2.68 bits per heavy atom. The molecule has 0 aliphatic carbocycles. The number of nitrogen functional groups attached to an aromatic ring is 1. The third-order valence-electron chi connectivity index (χ3n) is 4.11. The number of hydrogen-bond donors (Lipinski definition) is 1. The van der Waals surface area contributed by atoms with Crippen molar-refractivity contribution in [2.24, 2.45) is 0 Å². The summed E-state index contributed by atoms with van der Waals surface area (Å²) in [6, 6.07) is 18.2. The van der Waals surface area contributed by atoms with E-state index in [0.29, 0.717) is 19.0 Å². The fraction of sp³-hybridized carbons (Fsp3) is 0.200. The van der Waals surface area contributed by atoms with Gasteiger partial charge in [0.05, 0.1) is 6.54 Å². The van der Waals surface area contributed by atoms with Gasteiger partial charge in [-0.05, 0) is 30.5 Å². The van der Waals surface area contributed by atoms with Gasteiger partial charge in [-0.15, -0.1) is 5.10 Å². The third-order valence-corrected chi connectivity index (χ3v) is 4.11. The molecule has 2 aromatic carbocycles. The third kappa shape index (κ3) is 3.64. The van der Waals surface area contributed by atoms with Crippen LogP contribution in [-0.4, -0.2) is 9.78 Å². The molecule has 25 heavy (non-hydrogen) atoms. The Morgan fingerprint density at radius 2 is 1.96 bits per heavy atom. The Bertz CT molecular complexity index is 937. The molecule has 0 amide bonds. The van der Waals surface area contributed by atoms with E-state index in [2.05, 4.69) is 17.2 Å². The molecule has 0 aliphatic rings. The van der Waals surface area contributed by atoms with E-state index in [1.807, 2.05) is 56.3 Å². The van der Waals surface area contributed by atoms with Crippen molar-refractivity contribution in [3.63, 3.8) is 0 Å². The molecule has 2 N–H and O–H groups in total. The minimum absolute atomic E-state index is 0.274. The zero-order chi connectivity index (χ0) is 17.8. The number of nitrogens with zero attached hydrogens (tertiary/aromatic N) is 3. The van der Waals surface area contributed by atoms with E-state index in [-0.39, 0.29) is 11.4 Å². The summed E-state index contributed by atoms with van der Waals surface area (Å²) in [6.07, 6.45) is 0. The van der Waals surface area contributed by atoms with Gasteiger partial charge in [-0.3, -0.25) is 0 Å². The average molecular weight is 332 g/mol. The zero-order valence-corrected chi connectivity index (χ0v) is 14.4. The van der Waals surface area contributed by atoms with Crippen LogP contribution in [0, 0.1) is 25.2 Å². The summed E-state index contributed by atoms with van der Waals surface area (Å²) in [5.74, 6) is 0.597. The lowest BCUT2D eigenvalue weighted by molar-refractivity contribution is 0.288. The molecule has 0 unspecified atom stereocenters. The highest BCUT2D eigenvalue weighted by Crippen LogP contribution is 2.25. The van der Waals surface area contributed by atoms with Gasteiger partial charge in [0.1, 0.15) is 18.5 Å². The minimum atomic E-state index is 0.274. The Kier molecular flexibility index (Phi) is 4.71. The number of aryl methyl sites for hydroxylation is 2. The lowest BCUT2D eigenvalue weighted by Crippen LogP contribution is -2.06. The average Bonchev–Trinajstić information content (AvgIpc) is 2.89. The minimum Gasteiger partial charge on any atom is -0.471 e. The fourth-order valence-corrected chi connectivity index (χ4v) is 2.68. The molecule has 1 heterocycles. The lowest BCUT2D eigenvalue weighted by atomic mass is 10.1. The van der Waals surface area contributed by atoms with Crippen LogP contribution in [-0.2, 0) is 13.2 Å². The molecular weight excluding hydrogens is 312 g/mol. The molecule has 0 saturated carbocycles. The molecule has 0 aliphatic heterocycles. The van der Waals surface area contributed by atoms with E-state index < -0.39 is 0 Å². The van der Waals surface area contributed by atoms with Crippen LogP contribution in [0.25, 0.3) is 0 Å². The molecule has 126 valence electrons. The first kappa shape index (κ1) is 16.6. The highest BCUT2D eigenvalue weighted by molar-refractivity contribution is 5.55. The first-order valence-electron chi connectivity index (χ1n) is 8.07. The van der Waals surface area contributed by atoms with E-state index in [4.69, 9.17) is 10.5 Å². The van der Waals surface area contributed by atoms with Gasteiger partial charge in [-0.1, -0.05) is 54.1 Å². The number of nitriles is 1. The van der Waals surface area contributed by atoms with Crippen molar-refractivity contribution in [3.8, 4) is 11.9 Å². The fourth-order valence-electron chi connectivity index (χ4n) is 2.68. The number of benzene rings is 2. The van der Waals surface area contributed by atoms with Gasteiger partial charge in [-0.25, -0.2) is 4.68 Å². The summed E-state index contributed by atoms with van der Waals surface area (Å²) in [5, 5.41) is 13.8. The standard InChI is InChI=1S/C20H20N4O/c1-14-6-5-8-16(10-14)12-24-19(22)18(11-21)20(23-24)25-13-17-9-4-3-7-15(17)2/h3-10H,12-13,22H2,1-2H3. The second-order valence-electron chi connectivity index (χ2n) is 6.04. The van der Waals surface area contributed by atoms with Gasteiger partial charge in [0, 0.05) is 0 Å². The maximum atomic E-state index is 9.41. The summed E-state index contributed by atoms with van der Waals surface area (Å²) in [6.45, 7) is 4.90. The Labute approximate surface area is 147 Å². The molecule has 0 atom stereocenters. The van der Waals surface area contributed by atoms with Gasteiger partial charge < -0.3 is 10.5 Å². The summed E-state index contributed by atoms with van der Waals surface area (Å²) < 4.78 is 7.40. The number of aromatic nitrogens is 2. The number of nitrogens with two attached hydrogens (primary N) is 1. The van der Waals surface area contributed by atoms with Gasteiger partial charge in [-0.2, -0.15) is 5.26 Å². The van der Waals surface area contributed by atoms with Gasteiger partial charge in [0.25, 0.3) is 5.88 Å². The topological polar surface area (TPSA) is 76.9 Å². The zero-order valence-electron chi connectivity index (χ0n) is 14.4. The number of anilines is 1. The molecule has 0 saturated heterocycles. The van der Waals surface area contributed by atoms with Crippen molar-refractivity contribution in [2.45, 2.75) is 27.0 Å². The van der Waals surface area contributed by atoms with Crippen molar-refractivity contribution in [3.05, 3.63) is 76.3 Å². The first-order chi connectivity index (χ1) is 12.1. The molecular formula is C20H20N4O. The highest BCUT2D eigenvalue weighted by Gasteiger charge is 2.17. The van der Waals surface area contributed by atoms with Gasteiger partial charge in [0.15, 0.2) is 5.56 Å². The molecule has 0 bridgehead atoms. The Balaban J connectivity index is 1.83. The Morgan fingerprint density at radius 1 is 1.16 bits per heavy atom. The molecule has 5 nitrogen and oxygen atoms in total. The van der Waals surface area contributed by atoms with E-state index >= 15 is 0 Å². The molecule has 5 heteroatoms. The lowest BCUT2D eigenvalue weighted by Gasteiger charge is -2.06. The van der Waals surface area contributed by atoms with E-state index in [0.717, 1.165) is 16.7 Å². The first-order valence-corrected chi connectivity index (χ1v) is 8.07. The second kappa shape index (κ2) is 7.10. The van der Waals surface area contributed by atoms with Crippen LogP contribution in [0.5, 0.6) is 5.88 Å². The predicted octanol–water partition coefficient (Wildman–Crippen LogP) is 3.58. The summed E-state index contributed by atoms with van der Waals surface area (Å²) in [4.78, 5) is 0. The smallest absolute Gasteiger partial charge is 0.253 e. The molecule has 0 fully saturated rings. The molecule has 0 spiro atoms. The van der Waals surface area contributed by atoms with Crippen LogP contribution in [0.2, 0.25) is 0 Å². The quantitative estimate of drug-likeness (QED) is 0.774. The summed E-state index contributed by atoms with van der Waals surface area (Å²) >= 11 is 0. The largest absolute Gasteiger partial charge is 0.471 e. The molecule has 0 radical (unpaired) electrons. The van der Waals surface area contributed by atoms with E-state index in [9.17, 15) is 5.26 Å². The van der Waals surface area contributed by atoms with Crippen molar-refractivity contribution in [1.82, 2.24) is 9.78 Å². The van der Waals surface area contributed by atoms with Crippen molar-refractivity contribution in [2.75, 3.05) is 5.73 Å². The number of ether oxygens (including phenoxy) is 1. The van der Waals surface area contributed by atoms with Crippen molar-refractivity contribution >= 4 is 5.82 Å². The number of hydrogen-bond acceptors (Lipinski definition) is 4. The normalized spacial score (nSPS) is 10.4. The summed E-state index contributed by atoms with van der Waals surface area (Å²) in [7, 11) is 0. The number of rotatable bonds is 5.